The molecule has 0 spiro atoms. The van der Waals surface area contributed by atoms with E-state index < -0.39 is 35.3 Å². The molecule has 0 amide bonds. The summed E-state index contributed by atoms with van der Waals surface area (Å²) in [6.07, 6.45) is -3.64. The molecular formula is C8H5BrF2N2O4. The maximum Gasteiger partial charge on any atom is 0.368 e. The summed E-state index contributed by atoms with van der Waals surface area (Å²) in [5.41, 5.74) is -1.02. The predicted molar refractivity (Wildman–Crippen MR) is 54.9 cm³/mol. The van der Waals surface area contributed by atoms with E-state index in [9.17, 15) is 23.7 Å². The number of hydrogen-bond donors (Lipinski definition) is 1. The van der Waals surface area contributed by atoms with Crippen LogP contribution in [0, 0.1) is 10.1 Å². The number of pyridine rings is 1. The summed E-state index contributed by atoms with van der Waals surface area (Å²) in [6, 6.07) is 0.871. The summed E-state index contributed by atoms with van der Waals surface area (Å²) in [7, 11) is 0. The number of hydrogen-bond acceptors (Lipinski definition) is 4. The summed E-state index contributed by atoms with van der Waals surface area (Å²) in [5.74, 6) is -2.20. The number of nitrogens with zero attached hydrogens (tertiary/aromatic N) is 2. The van der Waals surface area contributed by atoms with Crippen LogP contribution >= 0.6 is 15.9 Å². The lowest BCUT2D eigenvalue weighted by atomic mass is 10.1. The van der Waals surface area contributed by atoms with Crippen molar-refractivity contribution in [3.63, 3.8) is 0 Å². The molecule has 0 atom stereocenters. The Morgan fingerprint density at radius 1 is 1.65 bits per heavy atom. The average molecular weight is 311 g/mol. The van der Waals surface area contributed by atoms with Crippen molar-refractivity contribution in [2.24, 2.45) is 0 Å². The molecule has 1 aromatic heterocycles. The molecular weight excluding hydrogens is 306 g/mol. The Bertz CT molecular complexity index is 481. The lowest BCUT2D eigenvalue weighted by Gasteiger charge is -2.04. The highest BCUT2D eigenvalue weighted by Gasteiger charge is 2.26. The first kappa shape index (κ1) is 13.4. The normalized spacial score (nSPS) is 10.6. The number of carbonyl (C=O) groups is 1. The molecule has 0 unspecified atom stereocenters. The second-order valence-electron chi connectivity index (χ2n) is 2.96. The van der Waals surface area contributed by atoms with E-state index >= 15 is 0 Å². The third-order valence-electron chi connectivity index (χ3n) is 1.79. The zero-order valence-electron chi connectivity index (χ0n) is 8.06. The van der Waals surface area contributed by atoms with Crippen molar-refractivity contribution in [3.8, 4) is 0 Å². The molecule has 0 aliphatic carbocycles. The summed E-state index contributed by atoms with van der Waals surface area (Å²) in [4.78, 5) is 23.3. The van der Waals surface area contributed by atoms with Crippen LogP contribution in [-0.4, -0.2) is 21.0 Å². The van der Waals surface area contributed by atoms with Gasteiger partial charge in [0.25, 0.3) is 0 Å². The lowest BCUT2D eigenvalue weighted by molar-refractivity contribution is -0.390. The Labute approximate surface area is 102 Å². The van der Waals surface area contributed by atoms with E-state index in [-0.39, 0.29) is 10.0 Å². The predicted octanol–water partition coefficient (Wildman–Crippen LogP) is 2.32. The fourth-order valence-corrected chi connectivity index (χ4v) is 1.68. The van der Waals surface area contributed by atoms with Crippen molar-refractivity contribution in [2.75, 3.05) is 0 Å². The van der Waals surface area contributed by atoms with Gasteiger partial charge in [0.1, 0.15) is 0 Å². The second kappa shape index (κ2) is 5.13. The number of halogens is 3. The average Bonchev–Trinajstić information content (AvgIpc) is 2.19. The van der Waals surface area contributed by atoms with Crippen LogP contribution in [0.5, 0.6) is 0 Å². The zero-order chi connectivity index (χ0) is 13.2. The van der Waals surface area contributed by atoms with Gasteiger partial charge >= 0.3 is 18.2 Å². The highest BCUT2D eigenvalue weighted by atomic mass is 79.9. The van der Waals surface area contributed by atoms with Gasteiger partial charge in [-0.25, -0.2) is 8.78 Å². The van der Waals surface area contributed by atoms with Crippen LogP contribution < -0.4 is 0 Å². The minimum Gasteiger partial charge on any atom is -0.481 e. The molecule has 0 fully saturated rings. The molecule has 17 heavy (non-hydrogen) atoms. The first-order valence-electron chi connectivity index (χ1n) is 4.16. The van der Waals surface area contributed by atoms with E-state index in [2.05, 4.69) is 20.9 Å². The molecule has 6 nitrogen and oxygen atoms in total. The largest absolute Gasteiger partial charge is 0.481 e. The second-order valence-corrected chi connectivity index (χ2v) is 3.81. The third kappa shape index (κ3) is 3.16. The van der Waals surface area contributed by atoms with Gasteiger partial charge in [0.2, 0.25) is 5.69 Å². The van der Waals surface area contributed by atoms with Gasteiger partial charge in [-0.3, -0.25) is 4.79 Å². The fourth-order valence-electron chi connectivity index (χ4n) is 1.12. The van der Waals surface area contributed by atoms with Gasteiger partial charge < -0.3 is 15.2 Å². The van der Waals surface area contributed by atoms with Crippen LogP contribution in [0.1, 0.15) is 17.7 Å². The molecule has 9 heteroatoms. The van der Waals surface area contributed by atoms with Crippen molar-refractivity contribution >= 4 is 27.7 Å². The molecule has 0 aromatic carbocycles. The monoisotopic (exact) mass is 310 g/mol. The minimum atomic E-state index is -2.97. The number of carboxylic acids is 1. The van der Waals surface area contributed by atoms with Crippen LogP contribution in [0.2, 0.25) is 0 Å². The highest BCUT2D eigenvalue weighted by molar-refractivity contribution is 9.10. The maximum atomic E-state index is 12.4. The van der Waals surface area contributed by atoms with Gasteiger partial charge in [-0.15, -0.1) is 0 Å². The van der Waals surface area contributed by atoms with Gasteiger partial charge in [0.15, 0.2) is 0 Å². The smallest absolute Gasteiger partial charge is 0.368 e. The Morgan fingerprint density at radius 3 is 2.65 bits per heavy atom. The van der Waals surface area contributed by atoms with E-state index in [1.54, 1.807) is 0 Å². The quantitative estimate of drug-likeness (QED) is 0.680. The van der Waals surface area contributed by atoms with Gasteiger partial charge in [-0.2, -0.15) is 0 Å². The molecule has 0 radical (unpaired) electrons. The van der Waals surface area contributed by atoms with Crippen LogP contribution in [-0.2, 0) is 11.2 Å². The molecule has 0 saturated heterocycles. The van der Waals surface area contributed by atoms with Crippen LogP contribution in [0.3, 0.4) is 0 Å². The van der Waals surface area contributed by atoms with Crippen LogP contribution in [0.25, 0.3) is 0 Å². The summed E-state index contributed by atoms with van der Waals surface area (Å²) >= 11 is 2.82. The molecule has 1 N–H and O–H groups in total. The Morgan fingerprint density at radius 2 is 2.24 bits per heavy atom. The number of aromatic nitrogens is 1. The Hall–Kier alpha value is -1.64. The highest BCUT2D eigenvalue weighted by Crippen LogP contribution is 2.30. The summed E-state index contributed by atoms with van der Waals surface area (Å²) < 4.78 is 24.7. The van der Waals surface area contributed by atoms with E-state index in [1.807, 2.05) is 0 Å². The maximum absolute atomic E-state index is 12.4. The standard InChI is InChI=1S/C8H5BrF2N2O4/c9-4-2-5(7(10)11)12-8(13(16)17)3(4)1-6(14)15/h2,7H,1H2,(H,14,15). The van der Waals surface area contributed by atoms with Crippen molar-refractivity contribution in [2.45, 2.75) is 12.8 Å². The van der Waals surface area contributed by atoms with E-state index in [0.29, 0.717) is 0 Å². The number of carboxylic acid groups (broad SMARTS) is 1. The first-order valence-corrected chi connectivity index (χ1v) is 4.96. The van der Waals surface area contributed by atoms with Crippen molar-refractivity contribution in [3.05, 3.63) is 31.9 Å². The number of aliphatic carboxylic acids is 1. The molecule has 0 saturated carbocycles. The van der Waals surface area contributed by atoms with Gasteiger partial charge in [0, 0.05) is 10.5 Å². The molecule has 1 heterocycles. The van der Waals surface area contributed by atoms with E-state index in [4.69, 9.17) is 5.11 Å². The molecule has 0 aliphatic heterocycles. The van der Waals surface area contributed by atoms with Crippen LogP contribution in [0.4, 0.5) is 14.6 Å². The van der Waals surface area contributed by atoms with Gasteiger partial charge in [0.05, 0.1) is 12.0 Å². The van der Waals surface area contributed by atoms with Crippen molar-refractivity contribution < 1.29 is 23.6 Å². The number of alkyl halides is 2. The Kier molecular flexibility index (Phi) is 4.05. The third-order valence-corrected chi connectivity index (χ3v) is 2.50. The van der Waals surface area contributed by atoms with Crippen LogP contribution in [0.15, 0.2) is 10.5 Å². The Balaban J connectivity index is 3.38. The fraction of sp³-hybridized carbons (Fsp3) is 0.250. The van der Waals surface area contributed by atoms with E-state index in [1.165, 1.54) is 0 Å². The molecule has 1 rings (SSSR count). The SMILES string of the molecule is O=C(O)Cc1c(Br)cc(C(F)F)nc1[N+](=O)[O-]. The number of rotatable bonds is 4. The first-order chi connectivity index (χ1) is 7.82. The van der Waals surface area contributed by atoms with Crippen molar-refractivity contribution in [1.29, 1.82) is 0 Å². The summed E-state index contributed by atoms with van der Waals surface area (Å²) in [6.45, 7) is 0. The van der Waals surface area contributed by atoms with Gasteiger partial charge in [-0.1, -0.05) is 15.9 Å². The lowest BCUT2D eigenvalue weighted by Crippen LogP contribution is -2.08. The van der Waals surface area contributed by atoms with E-state index in [0.717, 1.165) is 6.07 Å². The van der Waals surface area contributed by atoms with Crippen molar-refractivity contribution in [1.82, 2.24) is 4.98 Å². The summed E-state index contributed by atoms with van der Waals surface area (Å²) in [5, 5.41) is 19.2. The molecule has 0 aliphatic rings. The molecule has 0 bridgehead atoms. The molecule has 1 aromatic rings. The number of nitro groups is 1. The molecule has 92 valence electrons. The minimum absolute atomic E-state index is 0.0723. The topological polar surface area (TPSA) is 93.3 Å². The zero-order valence-corrected chi connectivity index (χ0v) is 9.65. The van der Waals surface area contributed by atoms with Gasteiger partial charge in [-0.05, 0) is 9.91 Å².